The summed E-state index contributed by atoms with van der Waals surface area (Å²) in [7, 11) is 0. The summed E-state index contributed by atoms with van der Waals surface area (Å²) in [6.07, 6.45) is 1.35. The molecule has 0 atom stereocenters. The van der Waals surface area contributed by atoms with Gasteiger partial charge in [0.15, 0.2) is 0 Å². The van der Waals surface area contributed by atoms with E-state index in [1.165, 1.54) is 6.20 Å². The molecular formula is C16H13N3OS. The number of rotatable bonds is 3. The number of thiocarbonyl (C=S) groups is 1. The molecule has 104 valence electrons. The van der Waals surface area contributed by atoms with E-state index in [9.17, 15) is 4.79 Å². The van der Waals surface area contributed by atoms with Crippen molar-refractivity contribution in [2.45, 2.75) is 6.54 Å². The molecule has 0 radical (unpaired) electrons. The zero-order valence-corrected chi connectivity index (χ0v) is 12.0. The fraction of sp³-hybridized carbons (Fsp3) is 0.0625. The van der Waals surface area contributed by atoms with E-state index >= 15 is 0 Å². The van der Waals surface area contributed by atoms with Crippen molar-refractivity contribution >= 4 is 28.1 Å². The third kappa shape index (κ3) is 2.68. The van der Waals surface area contributed by atoms with E-state index in [0.717, 1.165) is 16.6 Å². The third-order valence-electron chi connectivity index (χ3n) is 3.31. The minimum atomic E-state index is -0.0706. The van der Waals surface area contributed by atoms with E-state index in [1.54, 1.807) is 10.7 Å². The molecule has 0 fully saturated rings. The van der Waals surface area contributed by atoms with Crippen molar-refractivity contribution in [2.24, 2.45) is 5.73 Å². The van der Waals surface area contributed by atoms with Gasteiger partial charge in [-0.15, -0.1) is 0 Å². The lowest BCUT2D eigenvalue weighted by Crippen LogP contribution is -2.14. The second kappa shape index (κ2) is 5.46. The van der Waals surface area contributed by atoms with Gasteiger partial charge in [0, 0.05) is 10.9 Å². The molecule has 3 aromatic rings. The molecule has 3 rings (SSSR count). The number of benzene rings is 2. The van der Waals surface area contributed by atoms with E-state index in [0.29, 0.717) is 16.9 Å². The normalized spacial score (nSPS) is 10.7. The number of nitrogens with two attached hydrogens (primary N) is 1. The molecule has 0 saturated carbocycles. The quantitative estimate of drug-likeness (QED) is 0.752. The zero-order valence-electron chi connectivity index (χ0n) is 11.2. The minimum Gasteiger partial charge on any atom is -0.389 e. The van der Waals surface area contributed by atoms with Crippen LogP contribution in [0.15, 0.2) is 59.5 Å². The molecular weight excluding hydrogens is 282 g/mol. The minimum absolute atomic E-state index is 0.0706. The maximum Gasteiger partial charge on any atom is 0.207 e. The fourth-order valence-electron chi connectivity index (χ4n) is 2.28. The van der Waals surface area contributed by atoms with Gasteiger partial charge in [-0.05, 0) is 23.8 Å². The Labute approximate surface area is 126 Å². The summed E-state index contributed by atoms with van der Waals surface area (Å²) in [5.41, 5.74) is 8.25. The first kappa shape index (κ1) is 13.5. The van der Waals surface area contributed by atoms with Crippen LogP contribution in [-0.4, -0.2) is 14.8 Å². The highest BCUT2D eigenvalue weighted by molar-refractivity contribution is 7.80. The lowest BCUT2D eigenvalue weighted by atomic mass is 10.1. The van der Waals surface area contributed by atoms with Crippen LogP contribution < -0.4 is 11.2 Å². The molecule has 0 bridgehead atoms. The van der Waals surface area contributed by atoms with E-state index in [-0.39, 0.29) is 5.43 Å². The van der Waals surface area contributed by atoms with Crippen molar-refractivity contribution in [3.05, 3.63) is 76.1 Å². The van der Waals surface area contributed by atoms with Crippen molar-refractivity contribution < 1.29 is 0 Å². The lowest BCUT2D eigenvalue weighted by molar-refractivity contribution is 0.695. The van der Waals surface area contributed by atoms with Crippen LogP contribution in [0.5, 0.6) is 0 Å². The Morgan fingerprint density at radius 2 is 2.00 bits per heavy atom. The summed E-state index contributed by atoms with van der Waals surface area (Å²) in [4.78, 5) is 12.2. The zero-order chi connectivity index (χ0) is 14.8. The lowest BCUT2D eigenvalue weighted by Gasteiger charge is -2.10. The number of hydrogen-bond donors (Lipinski definition) is 1. The van der Waals surface area contributed by atoms with Gasteiger partial charge in [-0.25, -0.2) is 0 Å². The fourth-order valence-corrected chi connectivity index (χ4v) is 2.41. The Hall–Kier alpha value is -2.53. The molecule has 4 nitrogen and oxygen atoms in total. The van der Waals surface area contributed by atoms with Gasteiger partial charge in [0.1, 0.15) is 4.99 Å². The van der Waals surface area contributed by atoms with E-state index < -0.39 is 0 Å². The molecule has 0 aliphatic carbocycles. The molecule has 1 aromatic heterocycles. The van der Waals surface area contributed by atoms with Crippen LogP contribution in [0.4, 0.5) is 0 Å². The van der Waals surface area contributed by atoms with Gasteiger partial charge in [0.25, 0.3) is 0 Å². The molecule has 0 aliphatic rings. The van der Waals surface area contributed by atoms with Crippen LogP contribution in [0.2, 0.25) is 0 Å². The molecule has 0 amide bonds. The number of nitrogens with zero attached hydrogens (tertiary/aromatic N) is 2. The Morgan fingerprint density at radius 1 is 1.19 bits per heavy atom. The third-order valence-corrected chi connectivity index (χ3v) is 3.54. The summed E-state index contributed by atoms with van der Waals surface area (Å²) < 4.78 is 1.80. The van der Waals surface area contributed by atoms with Crippen LogP contribution in [0.25, 0.3) is 10.9 Å². The molecule has 21 heavy (non-hydrogen) atoms. The highest BCUT2D eigenvalue weighted by Gasteiger charge is 2.05. The molecule has 0 aliphatic heterocycles. The molecule has 2 aromatic carbocycles. The number of hydrogen-bond acceptors (Lipinski definition) is 3. The summed E-state index contributed by atoms with van der Waals surface area (Å²) in [5.74, 6) is 0. The smallest absolute Gasteiger partial charge is 0.207 e. The predicted molar refractivity (Wildman–Crippen MR) is 87.4 cm³/mol. The molecule has 2 N–H and O–H groups in total. The Bertz CT molecular complexity index is 886. The maximum atomic E-state index is 11.8. The van der Waals surface area contributed by atoms with Gasteiger partial charge in [-0.3, -0.25) is 9.48 Å². The number of aromatic nitrogens is 2. The van der Waals surface area contributed by atoms with Crippen molar-refractivity contribution in [3.63, 3.8) is 0 Å². The van der Waals surface area contributed by atoms with Crippen molar-refractivity contribution in [1.82, 2.24) is 9.78 Å². The average Bonchev–Trinajstić information content (AvgIpc) is 2.51. The summed E-state index contributed by atoms with van der Waals surface area (Å²) in [6, 6.07) is 15.2. The molecule has 1 heterocycles. The standard InChI is InChI=1S/C16H13N3OS/c17-16(21)12-5-3-4-11(8-12)10-19-14-7-2-1-6-13(14)15(20)9-18-19/h1-9H,10H2,(H2,17,21). The second-order valence-electron chi connectivity index (χ2n) is 4.75. The largest absolute Gasteiger partial charge is 0.389 e. The van der Waals surface area contributed by atoms with Crippen LogP contribution >= 0.6 is 12.2 Å². The van der Waals surface area contributed by atoms with Gasteiger partial charge in [0.2, 0.25) is 5.43 Å². The van der Waals surface area contributed by atoms with Gasteiger partial charge in [0.05, 0.1) is 18.3 Å². The summed E-state index contributed by atoms with van der Waals surface area (Å²) >= 11 is 4.99. The van der Waals surface area contributed by atoms with Gasteiger partial charge < -0.3 is 5.73 Å². The van der Waals surface area contributed by atoms with Crippen LogP contribution in [0, 0.1) is 0 Å². The van der Waals surface area contributed by atoms with E-state index in [4.69, 9.17) is 18.0 Å². The molecule has 0 spiro atoms. The highest BCUT2D eigenvalue weighted by Crippen LogP contribution is 2.12. The van der Waals surface area contributed by atoms with E-state index in [1.807, 2.05) is 42.5 Å². The highest BCUT2D eigenvalue weighted by atomic mass is 32.1. The Morgan fingerprint density at radius 3 is 2.81 bits per heavy atom. The first-order valence-electron chi connectivity index (χ1n) is 6.49. The summed E-state index contributed by atoms with van der Waals surface area (Å²) in [5, 5.41) is 4.88. The SMILES string of the molecule is NC(=S)c1cccc(Cn2ncc(=O)c3ccccc32)c1. The average molecular weight is 295 g/mol. The topological polar surface area (TPSA) is 60.9 Å². The maximum absolute atomic E-state index is 11.8. The van der Waals surface area contributed by atoms with Crippen molar-refractivity contribution in [2.75, 3.05) is 0 Å². The summed E-state index contributed by atoms with van der Waals surface area (Å²) in [6.45, 7) is 0.553. The number of fused-ring (bicyclic) bond motifs is 1. The van der Waals surface area contributed by atoms with Gasteiger partial charge in [-0.2, -0.15) is 5.10 Å². The monoisotopic (exact) mass is 295 g/mol. The number of para-hydroxylation sites is 1. The first-order chi connectivity index (χ1) is 10.1. The van der Waals surface area contributed by atoms with Crippen molar-refractivity contribution in [1.29, 1.82) is 0 Å². The predicted octanol–water partition coefficient (Wildman–Crippen LogP) is 2.08. The molecule has 0 unspecified atom stereocenters. The Kier molecular flexibility index (Phi) is 3.50. The second-order valence-corrected chi connectivity index (χ2v) is 5.19. The van der Waals surface area contributed by atoms with Crippen LogP contribution in [-0.2, 0) is 6.54 Å². The van der Waals surface area contributed by atoms with Gasteiger partial charge >= 0.3 is 0 Å². The van der Waals surface area contributed by atoms with Crippen LogP contribution in [0.3, 0.4) is 0 Å². The first-order valence-corrected chi connectivity index (χ1v) is 6.89. The molecule has 5 heteroatoms. The van der Waals surface area contributed by atoms with Gasteiger partial charge in [-0.1, -0.05) is 42.5 Å². The Balaban J connectivity index is 2.06. The molecule has 0 saturated heterocycles. The van der Waals surface area contributed by atoms with Crippen LogP contribution in [0.1, 0.15) is 11.1 Å². The van der Waals surface area contributed by atoms with E-state index in [2.05, 4.69) is 5.10 Å². The van der Waals surface area contributed by atoms with Crippen molar-refractivity contribution in [3.8, 4) is 0 Å².